The summed E-state index contributed by atoms with van der Waals surface area (Å²) >= 11 is 0. The topological polar surface area (TPSA) is 80.7 Å². The van der Waals surface area contributed by atoms with Crippen LogP contribution >= 0.6 is 0 Å². The van der Waals surface area contributed by atoms with Crippen molar-refractivity contribution in [1.29, 1.82) is 0 Å². The zero-order chi connectivity index (χ0) is 20.1. The number of para-hydroxylation sites is 1. The van der Waals surface area contributed by atoms with Crippen LogP contribution in [0.25, 0.3) is 11.3 Å². The molecule has 4 rings (SSSR count). The van der Waals surface area contributed by atoms with Gasteiger partial charge in [-0.2, -0.15) is 0 Å². The molecule has 0 aliphatic carbocycles. The number of aromatic nitrogens is 1. The summed E-state index contributed by atoms with van der Waals surface area (Å²) in [5.41, 5.74) is 0.992. The number of hydrogen-bond donors (Lipinski definition) is 1. The minimum atomic E-state index is -0.275. The molecule has 3 aromatic rings. The van der Waals surface area contributed by atoms with Crippen molar-refractivity contribution >= 4 is 5.91 Å². The first-order valence-electron chi connectivity index (χ1n) is 9.92. The number of nitrogens with one attached hydrogen (secondary N) is 1. The van der Waals surface area contributed by atoms with Gasteiger partial charge in [-0.25, -0.2) is 0 Å². The van der Waals surface area contributed by atoms with E-state index < -0.39 is 0 Å². The Kier molecular flexibility index (Phi) is 5.95. The van der Waals surface area contributed by atoms with Crippen LogP contribution in [0.15, 0.2) is 57.7 Å². The van der Waals surface area contributed by atoms with E-state index in [1.807, 2.05) is 36.4 Å². The quantitative estimate of drug-likeness (QED) is 0.653. The maximum atomic E-state index is 12.7. The Bertz CT molecular complexity index is 929. The highest BCUT2D eigenvalue weighted by Crippen LogP contribution is 2.30. The smallest absolute Gasteiger partial charge is 0.273 e. The summed E-state index contributed by atoms with van der Waals surface area (Å²) in [5.74, 6) is 1.75. The first kappa shape index (κ1) is 19.3. The minimum absolute atomic E-state index is 0.00911. The second kappa shape index (κ2) is 8.96. The Hall–Kier alpha value is -3.06. The average molecular weight is 395 g/mol. The molecule has 0 bridgehead atoms. The Labute approximate surface area is 169 Å². The van der Waals surface area contributed by atoms with E-state index in [2.05, 4.69) is 15.4 Å². The average Bonchev–Trinajstić information content (AvgIpc) is 3.47. The number of methoxy groups -OCH3 is 1. The molecule has 152 valence electrons. The molecule has 1 unspecified atom stereocenters. The number of rotatable bonds is 7. The zero-order valence-corrected chi connectivity index (χ0v) is 16.5. The molecule has 3 heterocycles. The molecule has 0 spiro atoms. The fourth-order valence-electron chi connectivity index (χ4n) is 3.76. The Morgan fingerprint density at radius 2 is 2.03 bits per heavy atom. The van der Waals surface area contributed by atoms with Crippen LogP contribution in [0.1, 0.15) is 41.6 Å². The fraction of sp³-hybridized carbons (Fsp3) is 0.364. The van der Waals surface area contributed by atoms with Gasteiger partial charge in [0.25, 0.3) is 5.91 Å². The molecule has 1 aliphatic rings. The van der Waals surface area contributed by atoms with E-state index in [1.54, 1.807) is 19.4 Å². The van der Waals surface area contributed by atoms with Gasteiger partial charge in [0.15, 0.2) is 11.5 Å². The van der Waals surface area contributed by atoms with Gasteiger partial charge < -0.3 is 19.0 Å². The zero-order valence-electron chi connectivity index (χ0n) is 16.5. The summed E-state index contributed by atoms with van der Waals surface area (Å²) in [6.45, 7) is 2.45. The lowest BCUT2D eigenvalue weighted by molar-refractivity contribution is 0.0905. The Balaban J connectivity index is 1.45. The van der Waals surface area contributed by atoms with Crippen molar-refractivity contribution in [3.8, 4) is 17.1 Å². The number of ether oxygens (including phenoxy) is 1. The molecular weight excluding hydrogens is 370 g/mol. The summed E-state index contributed by atoms with van der Waals surface area (Å²) in [4.78, 5) is 15.1. The monoisotopic (exact) mass is 395 g/mol. The molecule has 29 heavy (non-hydrogen) atoms. The highest BCUT2D eigenvalue weighted by molar-refractivity contribution is 5.93. The van der Waals surface area contributed by atoms with Crippen molar-refractivity contribution in [2.45, 2.75) is 25.3 Å². The second-order valence-corrected chi connectivity index (χ2v) is 7.11. The van der Waals surface area contributed by atoms with Gasteiger partial charge in [-0.3, -0.25) is 9.69 Å². The van der Waals surface area contributed by atoms with Crippen LogP contribution in [0, 0.1) is 0 Å². The highest BCUT2D eigenvalue weighted by Gasteiger charge is 2.25. The van der Waals surface area contributed by atoms with Gasteiger partial charge in [0.1, 0.15) is 11.5 Å². The second-order valence-electron chi connectivity index (χ2n) is 7.11. The molecule has 2 aromatic heterocycles. The summed E-state index contributed by atoms with van der Waals surface area (Å²) in [7, 11) is 1.60. The predicted octanol–water partition coefficient (Wildman–Crippen LogP) is 3.90. The largest absolute Gasteiger partial charge is 0.496 e. The van der Waals surface area contributed by atoms with Crippen molar-refractivity contribution in [1.82, 2.24) is 15.4 Å². The van der Waals surface area contributed by atoms with E-state index in [-0.39, 0.29) is 17.6 Å². The lowest BCUT2D eigenvalue weighted by Crippen LogP contribution is -2.40. The molecule has 1 N–H and O–H groups in total. The van der Waals surface area contributed by atoms with Crippen molar-refractivity contribution in [2.75, 3.05) is 26.7 Å². The van der Waals surface area contributed by atoms with Crippen LogP contribution in [-0.2, 0) is 0 Å². The van der Waals surface area contributed by atoms with E-state index in [0.717, 1.165) is 37.3 Å². The number of benzene rings is 1. The summed E-state index contributed by atoms with van der Waals surface area (Å²) < 4.78 is 16.4. The third-order valence-corrected chi connectivity index (χ3v) is 5.27. The SMILES string of the molecule is COc1ccccc1-c1cc(C(=O)NCC(c2ccco2)N2CCCCC2)no1. The third-order valence-electron chi connectivity index (χ3n) is 5.27. The number of furan rings is 1. The molecule has 1 amide bonds. The first-order valence-corrected chi connectivity index (χ1v) is 9.92. The van der Waals surface area contributed by atoms with Gasteiger partial charge in [-0.05, 0) is 50.2 Å². The van der Waals surface area contributed by atoms with Crippen LogP contribution < -0.4 is 10.1 Å². The van der Waals surface area contributed by atoms with Crippen molar-refractivity contribution in [3.05, 3.63) is 60.2 Å². The minimum Gasteiger partial charge on any atom is -0.496 e. The molecule has 1 saturated heterocycles. The third kappa shape index (κ3) is 4.35. The van der Waals surface area contributed by atoms with Gasteiger partial charge in [0.05, 0.1) is 25.0 Å². The number of nitrogens with zero attached hydrogens (tertiary/aromatic N) is 2. The first-order chi connectivity index (χ1) is 14.3. The van der Waals surface area contributed by atoms with Gasteiger partial charge in [0.2, 0.25) is 0 Å². The summed E-state index contributed by atoms with van der Waals surface area (Å²) in [6.07, 6.45) is 5.25. The number of carbonyl (C=O) groups excluding carboxylic acids is 1. The molecular formula is C22H25N3O4. The molecule has 7 nitrogen and oxygen atoms in total. The van der Waals surface area contributed by atoms with Crippen LogP contribution in [0.5, 0.6) is 5.75 Å². The molecule has 0 radical (unpaired) electrons. The standard InChI is InChI=1S/C22H25N3O4/c1-27-19-9-4-3-8-16(19)21-14-17(24-29-21)22(26)23-15-18(20-10-7-13-28-20)25-11-5-2-6-12-25/h3-4,7-10,13-14,18H,2,5-6,11-12,15H2,1H3,(H,23,26). The molecule has 0 saturated carbocycles. The van der Waals surface area contributed by atoms with E-state index >= 15 is 0 Å². The fourth-order valence-corrected chi connectivity index (χ4v) is 3.76. The number of likely N-dealkylation sites (tertiary alicyclic amines) is 1. The summed E-state index contributed by atoms with van der Waals surface area (Å²) in [6, 6.07) is 12.9. The molecule has 1 aromatic carbocycles. The lowest BCUT2D eigenvalue weighted by atomic mass is 10.1. The van der Waals surface area contributed by atoms with Crippen LogP contribution in [0.4, 0.5) is 0 Å². The predicted molar refractivity (Wildman–Crippen MR) is 108 cm³/mol. The number of hydrogen-bond acceptors (Lipinski definition) is 6. The highest BCUT2D eigenvalue weighted by atomic mass is 16.5. The van der Waals surface area contributed by atoms with Gasteiger partial charge >= 0.3 is 0 Å². The Morgan fingerprint density at radius 3 is 2.79 bits per heavy atom. The molecule has 1 aliphatic heterocycles. The lowest BCUT2D eigenvalue weighted by Gasteiger charge is -2.33. The summed E-state index contributed by atoms with van der Waals surface area (Å²) in [5, 5.41) is 6.93. The maximum Gasteiger partial charge on any atom is 0.273 e. The number of carbonyl (C=O) groups is 1. The number of piperidine rings is 1. The molecule has 1 atom stereocenters. The van der Waals surface area contributed by atoms with Gasteiger partial charge in [-0.1, -0.05) is 23.7 Å². The van der Waals surface area contributed by atoms with Crippen LogP contribution in [0.3, 0.4) is 0 Å². The van der Waals surface area contributed by atoms with E-state index in [1.165, 1.54) is 6.42 Å². The van der Waals surface area contributed by atoms with Gasteiger partial charge in [-0.15, -0.1) is 0 Å². The number of amides is 1. The molecule has 1 fully saturated rings. The van der Waals surface area contributed by atoms with E-state index in [9.17, 15) is 4.79 Å². The van der Waals surface area contributed by atoms with E-state index in [0.29, 0.717) is 18.1 Å². The van der Waals surface area contributed by atoms with Crippen LogP contribution in [0.2, 0.25) is 0 Å². The van der Waals surface area contributed by atoms with Crippen LogP contribution in [-0.4, -0.2) is 42.7 Å². The van der Waals surface area contributed by atoms with Crippen molar-refractivity contribution < 1.29 is 18.5 Å². The maximum absolute atomic E-state index is 12.7. The Morgan fingerprint density at radius 1 is 1.21 bits per heavy atom. The van der Waals surface area contributed by atoms with Gasteiger partial charge in [0, 0.05) is 12.6 Å². The van der Waals surface area contributed by atoms with E-state index in [4.69, 9.17) is 13.7 Å². The van der Waals surface area contributed by atoms with Crippen molar-refractivity contribution in [2.24, 2.45) is 0 Å². The molecule has 7 heteroatoms. The van der Waals surface area contributed by atoms with Crippen molar-refractivity contribution in [3.63, 3.8) is 0 Å². The normalized spacial score (nSPS) is 15.8.